The van der Waals surface area contributed by atoms with E-state index in [1.165, 1.54) is 30.4 Å². The van der Waals surface area contributed by atoms with Gasteiger partial charge in [-0.1, -0.05) is 0 Å². The van der Waals surface area contributed by atoms with Gasteiger partial charge in [-0.2, -0.15) is 0 Å². The largest absolute Gasteiger partial charge is 0.573 e. The van der Waals surface area contributed by atoms with Gasteiger partial charge in [0.1, 0.15) is 17.2 Å². The fourth-order valence-corrected chi connectivity index (χ4v) is 4.68. The molecule has 0 fully saturated rings. The highest BCUT2D eigenvalue weighted by Crippen LogP contribution is 2.28. The summed E-state index contributed by atoms with van der Waals surface area (Å²) in [6.07, 6.45) is -4.15. The van der Waals surface area contributed by atoms with E-state index in [0.717, 1.165) is 5.69 Å². The molecule has 2 aromatic carbocycles. The van der Waals surface area contributed by atoms with Gasteiger partial charge in [-0.15, -0.1) is 37.1 Å². The molecular formula is C24H27F3N4O4S2. The van der Waals surface area contributed by atoms with E-state index < -0.39 is 11.9 Å². The molecule has 8 nitrogen and oxygen atoms in total. The number of hydrogen-bond acceptors (Lipinski definition) is 8. The third-order valence-electron chi connectivity index (χ3n) is 4.99. The maximum Gasteiger partial charge on any atom is 0.573 e. The highest BCUT2D eigenvalue weighted by atomic mass is 32.1. The van der Waals surface area contributed by atoms with Crippen LogP contribution in [0.15, 0.2) is 52.8 Å². The number of methoxy groups -OCH3 is 2. The Balaban J connectivity index is 1.89. The zero-order valence-corrected chi connectivity index (χ0v) is 22.0. The minimum absolute atomic E-state index is 0.131. The summed E-state index contributed by atoms with van der Waals surface area (Å²) in [7, 11) is 3.11. The van der Waals surface area contributed by atoms with Gasteiger partial charge in [-0.3, -0.25) is 4.79 Å². The summed E-state index contributed by atoms with van der Waals surface area (Å²) in [5.74, 6) is 0.773. The average molecular weight is 557 g/mol. The standard InChI is InChI=1S/C24H27F3N4O4S2/c1-15(32)28-9-4-10-31-21(16-5-7-18(8-6-16)35-24(25,26)27)14-37-23(31)30-22(36)29-17-11-19(33-2)13-20(12-17)34-3/h5-8,11-14,22,29,36H,4,9-10H2,1-3H3,(H,28,32)/b30-23-. The fourth-order valence-electron chi connectivity index (χ4n) is 3.38. The summed E-state index contributed by atoms with van der Waals surface area (Å²) >= 11 is 5.93. The summed E-state index contributed by atoms with van der Waals surface area (Å²) in [6, 6.07) is 10.9. The second-order valence-corrected chi connectivity index (χ2v) is 9.04. The molecule has 3 rings (SSSR count). The molecule has 0 saturated carbocycles. The summed E-state index contributed by atoms with van der Waals surface area (Å²) in [5, 5.41) is 7.80. The van der Waals surface area contributed by atoms with Gasteiger partial charge in [-0.05, 0) is 36.2 Å². The molecule has 0 aliphatic carbocycles. The molecule has 2 N–H and O–H groups in total. The molecule has 0 radical (unpaired) electrons. The van der Waals surface area contributed by atoms with Crippen LogP contribution in [0.4, 0.5) is 18.9 Å². The molecule has 0 bridgehead atoms. The fraction of sp³-hybridized carbons (Fsp3) is 0.333. The summed E-state index contributed by atoms with van der Waals surface area (Å²) < 4.78 is 54.1. The lowest BCUT2D eigenvalue weighted by Gasteiger charge is -2.14. The van der Waals surface area contributed by atoms with Crippen LogP contribution in [0.1, 0.15) is 13.3 Å². The van der Waals surface area contributed by atoms with Crippen LogP contribution >= 0.6 is 24.0 Å². The SMILES string of the molecule is COc1cc(NC(S)/N=c2\scc(-c3ccc(OC(F)(F)F)cc3)n2CCCNC(C)=O)cc(OC)c1. The van der Waals surface area contributed by atoms with Crippen LogP contribution in [0, 0.1) is 0 Å². The predicted molar refractivity (Wildman–Crippen MR) is 139 cm³/mol. The molecule has 0 aliphatic rings. The lowest BCUT2D eigenvalue weighted by molar-refractivity contribution is -0.274. The van der Waals surface area contributed by atoms with Gasteiger partial charge >= 0.3 is 6.36 Å². The minimum atomic E-state index is -4.76. The topological polar surface area (TPSA) is 86.1 Å². The average Bonchev–Trinajstić information content (AvgIpc) is 3.22. The normalized spacial score (nSPS) is 12.7. The Morgan fingerprint density at radius 1 is 1.11 bits per heavy atom. The highest BCUT2D eigenvalue weighted by Gasteiger charge is 2.31. The van der Waals surface area contributed by atoms with Crippen LogP contribution < -0.4 is 29.6 Å². The van der Waals surface area contributed by atoms with Crippen LogP contribution in [-0.2, 0) is 11.3 Å². The second-order valence-electron chi connectivity index (χ2n) is 7.71. The first kappa shape index (κ1) is 28.3. The number of nitrogens with zero attached hydrogens (tertiary/aromatic N) is 2. The Bertz CT molecular complexity index is 1240. The van der Waals surface area contributed by atoms with E-state index in [2.05, 4.69) is 33.0 Å². The summed E-state index contributed by atoms with van der Waals surface area (Å²) in [4.78, 5) is 16.6. The van der Waals surface area contributed by atoms with Crippen molar-refractivity contribution in [3.05, 3.63) is 52.6 Å². The Kier molecular flexibility index (Phi) is 9.75. The van der Waals surface area contributed by atoms with Gasteiger partial charge in [0.15, 0.2) is 10.3 Å². The van der Waals surface area contributed by atoms with E-state index in [9.17, 15) is 18.0 Å². The van der Waals surface area contributed by atoms with Crippen LogP contribution in [-0.4, -0.2) is 43.1 Å². The third kappa shape index (κ3) is 8.64. The number of ether oxygens (including phenoxy) is 3. The number of amides is 1. The Labute approximate surface area is 221 Å². The van der Waals surface area contributed by atoms with Gasteiger partial charge < -0.3 is 29.4 Å². The smallest absolute Gasteiger partial charge is 0.497 e. The number of thiol groups is 1. The van der Waals surface area contributed by atoms with Crippen molar-refractivity contribution in [3.63, 3.8) is 0 Å². The number of thiazole rings is 1. The van der Waals surface area contributed by atoms with Crippen molar-refractivity contribution in [1.29, 1.82) is 0 Å². The third-order valence-corrected chi connectivity index (χ3v) is 6.12. The second kappa shape index (κ2) is 12.8. The van der Waals surface area contributed by atoms with Crippen LogP contribution in [0.2, 0.25) is 0 Å². The monoisotopic (exact) mass is 556 g/mol. The lowest BCUT2D eigenvalue weighted by Crippen LogP contribution is -2.25. The van der Waals surface area contributed by atoms with Gasteiger partial charge in [0.25, 0.3) is 0 Å². The minimum Gasteiger partial charge on any atom is -0.497 e. The van der Waals surface area contributed by atoms with Crippen molar-refractivity contribution in [2.24, 2.45) is 4.99 Å². The molecule has 0 spiro atoms. The first-order chi connectivity index (χ1) is 17.6. The molecule has 3 aromatic rings. The van der Waals surface area contributed by atoms with Crippen molar-refractivity contribution in [2.45, 2.75) is 31.7 Å². The van der Waals surface area contributed by atoms with E-state index in [1.807, 2.05) is 9.95 Å². The molecule has 37 heavy (non-hydrogen) atoms. The lowest BCUT2D eigenvalue weighted by atomic mass is 10.1. The molecule has 0 aliphatic heterocycles. The number of rotatable bonds is 11. The maximum absolute atomic E-state index is 12.5. The molecule has 1 amide bonds. The van der Waals surface area contributed by atoms with E-state index in [-0.39, 0.29) is 11.7 Å². The summed E-state index contributed by atoms with van der Waals surface area (Å²) in [6.45, 7) is 2.41. The number of aromatic nitrogens is 1. The van der Waals surface area contributed by atoms with Crippen LogP contribution in [0.5, 0.6) is 17.2 Å². The zero-order chi connectivity index (χ0) is 27.0. The molecule has 0 saturated heterocycles. The molecule has 1 atom stereocenters. The number of alkyl halides is 3. The number of nitrogens with one attached hydrogen (secondary N) is 2. The van der Waals surface area contributed by atoms with Gasteiger partial charge in [0.05, 0.1) is 19.9 Å². The molecule has 1 aromatic heterocycles. The maximum atomic E-state index is 12.5. The van der Waals surface area contributed by atoms with Gasteiger partial charge in [-0.25, -0.2) is 4.99 Å². The Morgan fingerprint density at radius 3 is 2.32 bits per heavy atom. The number of carbonyl (C=O) groups is 1. The van der Waals surface area contributed by atoms with Gasteiger partial charge in [0, 0.05) is 49.3 Å². The van der Waals surface area contributed by atoms with E-state index in [4.69, 9.17) is 9.47 Å². The van der Waals surface area contributed by atoms with Crippen LogP contribution in [0.3, 0.4) is 0 Å². The van der Waals surface area contributed by atoms with Gasteiger partial charge in [0.2, 0.25) is 5.91 Å². The predicted octanol–water partition coefficient (Wildman–Crippen LogP) is 4.88. The Morgan fingerprint density at radius 2 is 1.76 bits per heavy atom. The Hall–Kier alpha value is -3.32. The molecule has 1 unspecified atom stereocenters. The number of anilines is 1. The van der Waals surface area contributed by atoms with E-state index in [1.54, 1.807) is 44.6 Å². The van der Waals surface area contributed by atoms with Crippen LogP contribution in [0.25, 0.3) is 11.3 Å². The number of benzene rings is 2. The van der Waals surface area contributed by atoms with Crippen molar-refractivity contribution < 1.29 is 32.2 Å². The quantitative estimate of drug-likeness (QED) is 0.178. The van der Waals surface area contributed by atoms with Crippen molar-refractivity contribution in [2.75, 3.05) is 26.1 Å². The number of hydrogen-bond donors (Lipinski definition) is 3. The van der Waals surface area contributed by atoms with E-state index in [0.29, 0.717) is 47.1 Å². The number of halogens is 3. The highest BCUT2D eigenvalue weighted by molar-refractivity contribution is 7.81. The van der Waals surface area contributed by atoms with Crippen molar-refractivity contribution in [1.82, 2.24) is 9.88 Å². The summed E-state index contributed by atoms with van der Waals surface area (Å²) in [5.41, 5.74) is 1.50. The first-order valence-electron chi connectivity index (χ1n) is 11.1. The van der Waals surface area contributed by atoms with Crippen molar-refractivity contribution >= 4 is 35.6 Å². The van der Waals surface area contributed by atoms with E-state index >= 15 is 0 Å². The molecule has 13 heteroatoms. The first-order valence-corrected chi connectivity index (χ1v) is 12.5. The molecule has 1 heterocycles. The zero-order valence-electron chi connectivity index (χ0n) is 20.3. The molecule has 200 valence electrons. The van der Waals surface area contributed by atoms with Crippen molar-refractivity contribution in [3.8, 4) is 28.5 Å². The number of carbonyl (C=O) groups excluding carboxylic acids is 1. The molecular weight excluding hydrogens is 529 g/mol.